The average molecular weight is 308 g/mol. The lowest BCUT2D eigenvalue weighted by Crippen LogP contribution is -2.40. The Kier molecular flexibility index (Phi) is 4.79. The first-order valence-corrected chi connectivity index (χ1v) is 7.89. The van der Waals surface area contributed by atoms with Gasteiger partial charge in [-0.1, -0.05) is 0 Å². The highest BCUT2D eigenvalue weighted by molar-refractivity contribution is 5.47. The average Bonchev–Trinajstić information content (AvgIpc) is 2.63. The number of likely N-dealkylation sites (tertiary alicyclic amines) is 1. The van der Waals surface area contributed by atoms with E-state index in [9.17, 15) is 0 Å². The third-order valence-corrected chi connectivity index (χ3v) is 4.41. The van der Waals surface area contributed by atoms with Crippen molar-refractivity contribution in [2.45, 2.75) is 31.8 Å². The normalized spacial score (nSPS) is 17.4. The summed E-state index contributed by atoms with van der Waals surface area (Å²) in [5.74, 6) is 0.593. The number of nitrogens with one attached hydrogen (secondary N) is 1. The molecular weight excluding hydrogens is 288 g/mol. The van der Waals surface area contributed by atoms with Gasteiger partial charge in [0.05, 0.1) is 0 Å². The zero-order valence-electron chi connectivity index (χ0n) is 13.2. The highest BCUT2D eigenvalue weighted by Gasteiger charge is 2.24. The largest absolute Gasteiger partial charge is 0.365 e. The molecule has 1 aliphatic heterocycles. The van der Waals surface area contributed by atoms with Crippen molar-refractivity contribution in [2.75, 3.05) is 18.4 Å². The molecule has 6 heteroatoms. The summed E-state index contributed by atoms with van der Waals surface area (Å²) in [5, 5.41) is 12.4. The number of hydrogen-bond acceptors (Lipinski definition) is 6. The number of aromatic nitrogens is 3. The lowest BCUT2D eigenvalue weighted by molar-refractivity contribution is 0.167. The fraction of sp³-hybridized carbons (Fsp3) is 0.412. The topological polar surface area (TPSA) is 77.7 Å². The number of rotatable bonds is 4. The molecule has 0 radical (unpaired) electrons. The number of pyridine rings is 1. The van der Waals surface area contributed by atoms with Crippen LogP contribution in [0.3, 0.4) is 0 Å². The van der Waals surface area contributed by atoms with E-state index in [-0.39, 0.29) is 0 Å². The maximum absolute atomic E-state index is 9.08. The fourth-order valence-corrected chi connectivity index (χ4v) is 3.00. The third-order valence-electron chi connectivity index (χ3n) is 4.41. The highest BCUT2D eigenvalue weighted by atomic mass is 15.2. The maximum atomic E-state index is 9.08. The van der Waals surface area contributed by atoms with Crippen LogP contribution in [0.25, 0.3) is 0 Å². The molecule has 23 heavy (non-hydrogen) atoms. The van der Waals surface area contributed by atoms with Crippen LogP contribution in [0.4, 0.5) is 5.82 Å². The Morgan fingerprint density at radius 3 is 2.57 bits per heavy atom. The first-order chi connectivity index (χ1) is 11.3. The van der Waals surface area contributed by atoms with Gasteiger partial charge < -0.3 is 5.32 Å². The predicted molar refractivity (Wildman–Crippen MR) is 87.6 cm³/mol. The van der Waals surface area contributed by atoms with E-state index in [0.29, 0.717) is 23.6 Å². The Morgan fingerprint density at radius 2 is 1.87 bits per heavy atom. The molecule has 118 valence electrons. The van der Waals surface area contributed by atoms with E-state index >= 15 is 0 Å². The molecule has 0 aliphatic carbocycles. The molecule has 0 bridgehead atoms. The second-order valence-electron chi connectivity index (χ2n) is 5.78. The van der Waals surface area contributed by atoms with Gasteiger partial charge >= 0.3 is 0 Å². The smallest absolute Gasteiger partial charge is 0.182 e. The van der Waals surface area contributed by atoms with Crippen LogP contribution in [0.2, 0.25) is 0 Å². The van der Waals surface area contributed by atoms with E-state index in [1.54, 1.807) is 12.4 Å². The van der Waals surface area contributed by atoms with Crippen molar-refractivity contribution in [3.8, 4) is 6.07 Å². The Balaban J connectivity index is 1.58. The van der Waals surface area contributed by atoms with Gasteiger partial charge in [-0.3, -0.25) is 9.88 Å². The zero-order chi connectivity index (χ0) is 16.1. The molecule has 2 aromatic heterocycles. The van der Waals surface area contributed by atoms with Crippen molar-refractivity contribution in [3.05, 3.63) is 48.2 Å². The molecule has 0 aromatic carbocycles. The van der Waals surface area contributed by atoms with Crippen LogP contribution >= 0.6 is 0 Å². The van der Waals surface area contributed by atoms with E-state index in [0.717, 1.165) is 25.9 Å². The Labute approximate surface area is 136 Å². The van der Waals surface area contributed by atoms with Crippen molar-refractivity contribution in [1.82, 2.24) is 19.9 Å². The first-order valence-electron chi connectivity index (χ1n) is 7.89. The van der Waals surface area contributed by atoms with Gasteiger partial charge in [0, 0.05) is 50.0 Å². The Bertz CT molecular complexity index is 673. The van der Waals surface area contributed by atoms with Gasteiger partial charge in [-0.15, -0.1) is 0 Å². The summed E-state index contributed by atoms with van der Waals surface area (Å²) >= 11 is 0. The quantitative estimate of drug-likeness (QED) is 0.934. The van der Waals surface area contributed by atoms with Gasteiger partial charge in [0.15, 0.2) is 11.5 Å². The minimum absolute atomic E-state index is 0.333. The van der Waals surface area contributed by atoms with E-state index in [2.05, 4.69) is 50.3 Å². The molecule has 1 fully saturated rings. The number of piperidine rings is 1. The molecule has 1 aliphatic rings. The lowest BCUT2D eigenvalue weighted by atomic mass is 10.0. The summed E-state index contributed by atoms with van der Waals surface area (Å²) < 4.78 is 0. The van der Waals surface area contributed by atoms with Crippen molar-refractivity contribution in [1.29, 1.82) is 5.26 Å². The van der Waals surface area contributed by atoms with E-state index in [1.165, 1.54) is 5.56 Å². The van der Waals surface area contributed by atoms with Gasteiger partial charge in [-0.05, 0) is 37.5 Å². The van der Waals surface area contributed by atoms with Gasteiger partial charge in [-0.2, -0.15) is 5.26 Å². The van der Waals surface area contributed by atoms with E-state index < -0.39 is 0 Å². The molecule has 0 amide bonds. The van der Waals surface area contributed by atoms with Crippen LogP contribution in [-0.4, -0.2) is 39.0 Å². The third kappa shape index (κ3) is 3.63. The minimum atomic E-state index is 0.333. The predicted octanol–water partition coefficient (Wildman–Crippen LogP) is 2.38. The molecular formula is C17H20N6. The SMILES string of the molecule is CC(c1ccncc1)N1CCC(Nc2nccnc2C#N)CC1. The summed E-state index contributed by atoms with van der Waals surface area (Å²) in [5.41, 5.74) is 1.66. The molecule has 3 rings (SSSR count). The summed E-state index contributed by atoms with van der Waals surface area (Å²) in [7, 11) is 0. The monoisotopic (exact) mass is 308 g/mol. The summed E-state index contributed by atoms with van der Waals surface area (Å²) in [6, 6.07) is 6.96. The van der Waals surface area contributed by atoms with Crippen LogP contribution in [0.15, 0.2) is 36.9 Å². The maximum Gasteiger partial charge on any atom is 0.182 e. The van der Waals surface area contributed by atoms with Gasteiger partial charge in [0.25, 0.3) is 0 Å². The first kappa shape index (κ1) is 15.4. The molecule has 2 aromatic rings. The number of anilines is 1. The molecule has 1 saturated heterocycles. The summed E-state index contributed by atoms with van der Waals surface area (Å²) in [6.45, 7) is 4.27. The van der Waals surface area contributed by atoms with E-state index in [1.807, 2.05) is 12.4 Å². The molecule has 1 N–H and O–H groups in total. The van der Waals surface area contributed by atoms with Crippen LogP contribution < -0.4 is 5.32 Å². The Morgan fingerprint density at radius 1 is 1.17 bits per heavy atom. The molecule has 0 spiro atoms. The van der Waals surface area contributed by atoms with Gasteiger partial charge in [0.2, 0.25) is 0 Å². The summed E-state index contributed by atoms with van der Waals surface area (Å²) in [6.07, 6.45) is 8.90. The van der Waals surface area contributed by atoms with Crippen LogP contribution in [0.5, 0.6) is 0 Å². The fourth-order valence-electron chi connectivity index (χ4n) is 3.00. The van der Waals surface area contributed by atoms with Crippen molar-refractivity contribution in [3.63, 3.8) is 0 Å². The molecule has 3 heterocycles. The molecule has 1 atom stereocenters. The summed E-state index contributed by atoms with van der Waals surface area (Å²) in [4.78, 5) is 14.8. The lowest BCUT2D eigenvalue weighted by Gasteiger charge is -2.36. The van der Waals surface area contributed by atoms with Crippen LogP contribution in [0, 0.1) is 11.3 Å². The molecule has 1 unspecified atom stereocenters. The second-order valence-corrected chi connectivity index (χ2v) is 5.78. The number of nitriles is 1. The Hall–Kier alpha value is -2.52. The highest BCUT2D eigenvalue weighted by Crippen LogP contribution is 2.25. The standard InChI is InChI=1S/C17H20N6/c1-13(14-2-6-19-7-3-14)23-10-4-15(5-11-23)22-17-16(12-18)20-8-9-21-17/h2-3,6-9,13,15H,4-5,10-11H2,1H3,(H,21,22). The minimum Gasteiger partial charge on any atom is -0.365 e. The van der Waals surface area contributed by atoms with Crippen molar-refractivity contribution >= 4 is 5.82 Å². The molecule has 0 saturated carbocycles. The van der Waals surface area contributed by atoms with Gasteiger partial charge in [-0.25, -0.2) is 9.97 Å². The second kappa shape index (κ2) is 7.16. The zero-order valence-corrected chi connectivity index (χ0v) is 13.2. The van der Waals surface area contributed by atoms with Crippen LogP contribution in [-0.2, 0) is 0 Å². The van der Waals surface area contributed by atoms with Crippen LogP contribution in [0.1, 0.15) is 37.1 Å². The van der Waals surface area contributed by atoms with Crippen molar-refractivity contribution < 1.29 is 0 Å². The van der Waals surface area contributed by atoms with Crippen molar-refractivity contribution in [2.24, 2.45) is 0 Å². The van der Waals surface area contributed by atoms with E-state index in [4.69, 9.17) is 5.26 Å². The molecule has 6 nitrogen and oxygen atoms in total. The van der Waals surface area contributed by atoms with Gasteiger partial charge in [0.1, 0.15) is 6.07 Å². The number of nitrogens with zero attached hydrogens (tertiary/aromatic N) is 5. The number of hydrogen-bond donors (Lipinski definition) is 1.